The SMILES string of the molecule is Cc1cc(O)nc(/C=C/c2ccc(N(C)C)cc2)n1. The molecule has 4 nitrogen and oxygen atoms in total. The van der Waals surface area contributed by atoms with Gasteiger partial charge in [0.2, 0.25) is 5.88 Å². The van der Waals surface area contributed by atoms with Gasteiger partial charge in [0.15, 0.2) is 5.82 Å². The minimum absolute atomic E-state index is 0.00453. The number of nitrogens with zero attached hydrogens (tertiary/aromatic N) is 3. The van der Waals surface area contributed by atoms with Crippen LogP contribution < -0.4 is 4.90 Å². The number of hydrogen-bond donors (Lipinski definition) is 1. The molecule has 0 atom stereocenters. The highest BCUT2D eigenvalue weighted by Crippen LogP contribution is 2.14. The summed E-state index contributed by atoms with van der Waals surface area (Å²) in [5.74, 6) is 0.504. The van der Waals surface area contributed by atoms with E-state index in [-0.39, 0.29) is 5.88 Å². The predicted molar refractivity (Wildman–Crippen MR) is 78.1 cm³/mol. The van der Waals surface area contributed by atoms with Crippen molar-refractivity contribution in [3.63, 3.8) is 0 Å². The van der Waals surface area contributed by atoms with Gasteiger partial charge in [-0.1, -0.05) is 18.2 Å². The second-order valence-corrected chi connectivity index (χ2v) is 4.55. The van der Waals surface area contributed by atoms with E-state index < -0.39 is 0 Å². The Labute approximate surface area is 113 Å². The number of aryl methyl sites for hydroxylation is 1. The van der Waals surface area contributed by atoms with Gasteiger partial charge in [0, 0.05) is 31.5 Å². The molecule has 0 fully saturated rings. The lowest BCUT2D eigenvalue weighted by molar-refractivity contribution is 0.450. The Morgan fingerprint density at radius 3 is 2.32 bits per heavy atom. The van der Waals surface area contributed by atoms with Gasteiger partial charge < -0.3 is 10.0 Å². The van der Waals surface area contributed by atoms with Crippen molar-refractivity contribution in [3.8, 4) is 5.88 Å². The van der Waals surface area contributed by atoms with Crippen molar-refractivity contribution >= 4 is 17.8 Å². The van der Waals surface area contributed by atoms with Crippen LogP contribution in [-0.4, -0.2) is 29.2 Å². The summed E-state index contributed by atoms with van der Waals surface area (Å²) in [6.45, 7) is 1.82. The molecule has 1 aromatic carbocycles. The van der Waals surface area contributed by atoms with Crippen LogP contribution in [0.3, 0.4) is 0 Å². The number of benzene rings is 1. The highest BCUT2D eigenvalue weighted by Gasteiger charge is 1.97. The molecule has 4 heteroatoms. The van der Waals surface area contributed by atoms with E-state index in [1.54, 1.807) is 6.08 Å². The first-order chi connectivity index (χ1) is 9.04. The molecule has 19 heavy (non-hydrogen) atoms. The molecule has 0 saturated heterocycles. The predicted octanol–water partition coefficient (Wildman–Crippen LogP) is 2.73. The van der Waals surface area contributed by atoms with Crippen LogP contribution in [0.4, 0.5) is 5.69 Å². The first-order valence-corrected chi connectivity index (χ1v) is 6.05. The topological polar surface area (TPSA) is 49.3 Å². The summed E-state index contributed by atoms with van der Waals surface area (Å²) < 4.78 is 0. The summed E-state index contributed by atoms with van der Waals surface area (Å²) in [7, 11) is 4.02. The molecule has 0 saturated carbocycles. The van der Waals surface area contributed by atoms with Crippen LogP contribution in [-0.2, 0) is 0 Å². The Morgan fingerprint density at radius 2 is 1.74 bits per heavy atom. The Balaban J connectivity index is 2.17. The van der Waals surface area contributed by atoms with Crippen LogP contribution in [0.2, 0.25) is 0 Å². The molecule has 0 amide bonds. The summed E-state index contributed by atoms with van der Waals surface area (Å²) in [6.07, 6.45) is 3.71. The molecule has 1 heterocycles. The molecule has 0 aliphatic carbocycles. The lowest BCUT2D eigenvalue weighted by atomic mass is 10.2. The number of aromatic hydroxyl groups is 1. The fourth-order valence-corrected chi connectivity index (χ4v) is 1.70. The van der Waals surface area contributed by atoms with Crippen LogP contribution in [0, 0.1) is 6.92 Å². The lowest BCUT2D eigenvalue weighted by Crippen LogP contribution is -2.07. The second-order valence-electron chi connectivity index (χ2n) is 4.55. The van der Waals surface area contributed by atoms with Crippen molar-refractivity contribution in [3.05, 3.63) is 47.4 Å². The molecular weight excluding hydrogens is 238 g/mol. The fraction of sp³-hybridized carbons (Fsp3) is 0.200. The van der Waals surface area contributed by atoms with Gasteiger partial charge >= 0.3 is 0 Å². The zero-order valence-corrected chi connectivity index (χ0v) is 11.3. The average molecular weight is 255 g/mol. The summed E-state index contributed by atoms with van der Waals surface area (Å²) in [6, 6.07) is 9.69. The Bertz CT molecular complexity index is 569. The van der Waals surface area contributed by atoms with Crippen LogP contribution in [0.1, 0.15) is 17.1 Å². The molecule has 0 radical (unpaired) electrons. The van der Waals surface area contributed by atoms with Gasteiger partial charge in [-0.15, -0.1) is 0 Å². The maximum absolute atomic E-state index is 9.40. The first-order valence-electron chi connectivity index (χ1n) is 6.05. The smallest absolute Gasteiger partial charge is 0.214 e. The molecule has 0 aliphatic heterocycles. The van der Waals surface area contributed by atoms with Crippen molar-refractivity contribution < 1.29 is 5.11 Å². The van der Waals surface area contributed by atoms with Gasteiger partial charge in [0.05, 0.1) is 0 Å². The van der Waals surface area contributed by atoms with Crippen LogP contribution >= 0.6 is 0 Å². The molecule has 0 unspecified atom stereocenters. The van der Waals surface area contributed by atoms with Gasteiger partial charge in [0.25, 0.3) is 0 Å². The normalized spacial score (nSPS) is 10.9. The van der Waals surface area contributed by atoms with E-state index in [0.717, 1.165) is 16.9 Å². The zero-order chi connectivity index (χ0) is 13.8. The van der Waals surface area contributed by atoms with E-state index >= 15 is 0 Å². The Morgan fingerprint density at radius 1 is 1.05 bits per heavy atom. The number of hydrogen-bond acceptors (Lipinski definition) is 4. The molecule has 0 aliphatic rings. The minimum atomic E-state index is -0.00453. The average Bonchev–Trinajstić information content (AvgIpc) is 2.36. The maximum Gasteiger partial charge on any atom is 0.214 e. The van der Waals surface area contributed by atoms with Crippen molar-refractivity contribution in [2.75, 3.05) is 19.0 Å². The Hall–Kier alpha value is -2.36. The molecule has 1 N–H and O–H groups in total. The molecule has 0 bridgehead atoms. The first kappa shape index (κ1) is 13.1. The zero-order valence-electron chi connectivity index (χ0n) is 11.3. The molecule has 2 rings (SSSR count). The summed E-state index contributed by atoms with van der Waals surface area (Å²) in [5, 5.41) is 9.40. The molecule has 1 aromatic heterocycles. The highest BCUT2D eigenvalue weighted by atomic mass is 16.3. The van der Waals surface area contributed by atoms with Gasteiger partial charge in [0.1, 0.15) is 0 Å². The molecule has 98 valence electrons. The van der Waals surface area contributed by atoms with E-state index in [0.29, 0.717) is 5.82 Å². The summed E-state index contributed by atoms with van der Waals surface area (Å²) in [5.41, 5.74) is 2.96. The third-order valence-electron chi connectivity index (χ3n) is 2.69. The van der Waals surface area contributed by atoms with Gasteiger partial charge in [-0.3, -0.25) is 0 Å². The second kappa shape index (κ2) is 5.52. The molecule has 2 aromatic rings. The number of anilines is 1. The Kier molecular flexibility index (Phi) is 3.80. The van der Waals surface area contributed by atoms with E-state index in [9.17, 15) is 5.11 Å². The third-order valence-corrected chi connectivity index (χ3v) is 2.69. The fourth-order valence-electron chi connectivity index (χ4n) is 1.70. The van der Waals surface area contributed by atoms with Crippen molar-refractivity contribution in [2.45, 2.75) is 6.92 Å². The third kappa shape index (κ3) is 3.55. The monoisotopic (exact) mass is 255 g/mol. The molecular formula is C15H17N3O. The largest absolute Gasteiger partial charge is 0.493 e. The van der Waals surface area contributed by atoms with E-state index in [2.05, 4.69) is 14.9 Å². The van der Waals surface area contributed by atoms with Crippen molar-refractivity contribution in [1.82, 2.24) is 9.97 Å². The summed E-state index contributed by atoms with van der Waals surface area (Å²) in [4.78, 5) is 10.2. The van der Waals surface area contributed by atoms with Crippen LogP contribution in [0.25, 0.3) is 12.2 Å². The van der Waals surface area contributed by atoms with Crippen molar-refractivity contribution in [2.24, 2.45) is 0 Å². The van der Waals surface area contributed by atoms with E-state index in [1.807, 2.05) is 51.4 Å². The minimum Gasteiger partial charge on any atom is -0.493 e. The van der Waals surface area contributed by atoms with E-state index in [4.69, 9.17) is 0 Å². The summed E-state index contributed by atoms with van der Waals surface area (Å²) >= 11 is 0. The maximum atomic E-state index is 9.40. The number of rotatable bonds is 3. The van der Waals surface area contributed by atoms with Crippen molar-refractivity contribution in [1.29, 1.82) is 0 Å². The van der Waals surface area contributed by atoms with Crippen LogP contribution in [0.15, 0.2) is 30.3 Å². The lowest BCUT2D eigenvalue weighted by Gasteiger charge is -2.11. The van der Waals surface area contributed by atoms with Crippen LogP contribution in [0.5, 0.6) is 5.88 Å². The molecule has 0 spiro atoms. The van der Waals surface area contributed by atoms with Gasteiger partial charge in [-0.05, 0) is 30.7 Å². The quantitative estimate of drug-likeness (QED) is 0.916. The van der Waals surface area contributed by atoms with Gasteiger partial charge in [-0.2, -0.15) is 4.98 Å². The standard InChI is InChI=1S/C15H17N3O/c1-11-10-15(19)17-14(16-11)9-6-12-4-7-13(8-5-12)18(2)3/h4-10H,1-3H3,(H,16,17,19)/b9-6+. The highest BCUT2D eigenvalue weighted by molar-refractivity contribution is 5.68. The van der Waals surface area contributed by atoms with Gasteiger partial charge in [-0.25, -0.2) is 4.98 Å². The van der Waals surface area contributed by atoms with E-state index in [1.165, 1.54) is 6.07 Å². The number of aromatic nitrogens is 2.